The summed E-state index contributed by atoms with van der Waals surface area (Å²) in [5.41, 5.74) is 10.5. The van der Waals surface area contributed by atoms with Gasteiger partial charge in [-0.05, 0) is 42.4 Å². The van der Waals surface area contributed by atoms with Crippen LogP contribution in [0.2, 0.25) is 0 Å². The van der Waals surface area contributed by atoms with Crippen LogP contribution in [0.25, 0.3) is 6.08 Å². The van der Waals surface area contributed by atoms with E-state index in [0.29, 0.717) is 0 Å². The van der Waals surface area contributed by atoms with E-state index in [1.807, 2.05) is 6.20 Å². The van der Waals surface area contributed by atoms with Crippen molar-refractivity contribution in [2.24, 2.45) is 11.7 Å². The average molecular weight is 309 g/mol. The summed E-state index contributed by atoms with van der Waals surface area (Å²) in [5.74, 6) is 0.831. The van der Waals surface area contributed by atoms with Crippen LogP contribution in [-0.4, -0.2) is 28.6 Å². The summed E-state index contributed by atoms with van der Waals surface area (Å²) in [4.78, 5) is 7.06. The third kappa shape index (κ3) is 3.17. The summed E-state index contributed by atoms with van der Waals surface area (Å²) in [6.07, 6.45) is 16.2. The maximum atomic E-state index is 6.81. The largest absolute Gasteiger partial charge is 0.313 e. The van der Waals surface area contributed by atoms with Gasteiger partial charge < -0.3 is 5.73 Å². The first kappa shape index (κ1) is 16.2. The van der Waals surface area contributed by atoms with Crippen LogP contribution in [0, 0.1) is 5.92 Å². The van der Waals surface area contributed by atoms with Crippen molar-refractivity contribution in [2.45, 2.75) is 37.8 Å². The van der Waals surface area contributed by atoms with Crippen molar-refractivity contribution in [1.82, 2.24) is 9.88 Å². The van der Waals surface area contributed by atoms with Crippen LogP contribution in [0.5, 0.6) is 0 Å². The molecule has 4 heterocycles. The zero-order valence-corrected chi connectivity index (χ0v) is 13.9. The zero-order valence-electron chi connectivity index (χ0n) is 13.9. The van der Waals surface area contributed by atoms with Crippen molar-refractivity contribution < 1.29 is 0 Å². The van der Waals surface area contributed by atoms with Crippen molar-refractivity contribution in [3.63, 3.8) is 0 Å². The minimum Gasteiger partial charge on any atom is -0.313 e. The lowest BCUT2D eigenvalue weighted by Crippen LogP contribution is -2.65. The van der Waals surface area contributed by atoms with Gasteiger partial charge in [0.25, 0.3) is 0 Å². The second kappa shape index (κ2) is 6.81. The average Bonchev–Trinajstić information content (AvgIpc) is 2.83. The van der Waals surface area contributed by atoms with E-state index in [1.54, 1.807) is 0 Å². The fourth-order valence-corrected chi connectivity index (χ4v) is 4.22. The molecular weight excluding hydrogens is 282 g/mol. The smallest absolute Gasteiger partial charge is 0.0731 e. The molecular formula is C20H27N3. The number of allylic oxidation sites excluding steroid dienone is 3. The molecule has 2 N–H and O–H groups in total. The third-order valence-corrected chi connectivity index (χ3v) is 5.37. The fourth-order valence-electron chi connectivity index (χ4n) is 4.22. The minimum absolute atomic E-state index is 0.149. The Labute approximate surface area is 139 Å². The maximum Gasteiger partial charge on any atom is 0.0731 e. The van der Waals surface area contributed by atoms with Gasteiger partial charge in [0.1, 0.15) is 0 Å². The minimum atomic E-state index is -0.149. The molecule has 0 radical (unpaired) electrons. The Balaban J connectivity index is 0.000000753. The van der Waals surface area contributed by atoms with Crippen LogP contribution >= 0.6 is 0 Å². The summed E-state index contributed by atoms with van der Waals surface area (Å²) in [6, 6.07) is 2.16. The number of hydrogen-bond donors (Lipinski definition) is 1. The molecule has 0 spiro atoms. The number of nitrogens with two attached hydrogens (primary N) is 1. The summed E-state index contributed by atoms with van der Waals surface area (Å²) in [7, 11) is 0. The van der Waals surface area contributed by atoms with Crippen LogP contribution in [0.1, 0.15) is 36.1 Å². The zero-order chi connectivity index (χ0) is 16.3. The first-order valence-electron chi connectivity index (χ1n) is 8.58. The predicted molar refractivity (Wildman–Crippen MR) is 96.9 cm³/mol. The van der Waals surface area contributed by atoms with Crippen LogP contribution in [0.3, 0.4) is 0 Å². The Hall–Kier alpha value is -1.71. The molecule has 0 aromatic carbocycles. The lowest BCUT2D eigenvalue weighted by molar-refractivity contribution is -0.0257. The van der Waals surface area contributed by atoms with Gasteiger partial charge in [0, 0.05) is 32.1 Å². The highest BCUT2D eigenvalue weighted by atomic mass is 15.3. The van der Waals surface area contributed by atoms with E-state index in [-0.39, 0.29) is 5.66 Å². The van der Waals surface area contributed by atoms with Crippen molar-refractivity contribution in [1.29, 1.82) is 0 Å². The number of pyridine rings is 1. The number of hydrogen-bond acceptors (Lipinski definition) is 3. The summed E-state index contributed by atoms with van der Waals surface area (Å²) >= 11 is 0. The Bertz CT molecular complexity index is 611. The number of nitrogens with zero attached hydrogens (tertiary/aromatic N) is 2. The number of piperidine rings is 3. The van der Waals surface area contributed by atoms with Crippen molar-refractivity contribution >= 4 is 6.08 Å². The first-order valence-corrected chi connectivity index (χ1v) is 8.58. The number of rotatable bonds is 2. The predicted octanol–water partition coefficient (Wildman–Crippen LogP) is 3.32. The van der Waals surface area contributed by atoms with E-state index < -0.39 is 0 Å². The topological polar surface area (TPSA) is 42.1 Å². The molecule has 122 valence electrons. The first-order chi connectivity index (χ1) is 11.2. The Morgan fingerprint density at radius 3 is 2.74 bits per heavy atom. The Kier molecular flexibility index (Phi) is 4.79. The SMILES string of the molecule is C=C.NC1(Cc2ccnc3c2C=CC=CC3)CC2CCN1CC2. The molecule has 1 unspecified atom stereocenters. The molecule has 1 aromatic heterocycles. The van der Waals surface area contributed by atoms with Gasteiger partial charge in [0.2, 0.25) is 0 Å². The molecule has 5 rings (SSSR count). The molecule has 3 nitrogen and oxygen atoms in total. The molecule has 3 fully saturated rings. The van der Waals surface area contributed by atoms with Crippen LogP contribution in [-0.2, 0) is 12.8 Å². The lowest BCUT2D eigenvalue weighted by Gasteiger charge is -2.52. The molecule has 1 aliphatic carbocycles. The van der Waals surface area contributed by atoms with Gasteiger partial charge in [-0.1, -0.05) is 24.3 Å². The van der Waals surface area contributed by atoms with Crippen molar-refractivity contribution in [3.8, 4) is 0 Å². The second-order valence-electron chi connectivity index (χ2n) is 6.74. The molecule has 0 amide bonds. The molecule has 0 saturated carbocycles. The van der Waals surface area contributed by atoms with E-state index in [2.05, 4.69) is 53.4 Å². The van der Waals surface area contributed by atoms with Crippen LogP contribution < -0.4 is 5.73 Å². The monoisotopic (exact) mass is 309 g/mol. The van der Waals surface area contributed by atoms with Crippen LogP contribution in [0.4, 0.5) is 0 Å². The quantitative estimate of drug-likeness (QED) is 0.852. The lowest BCUT2D eigenvalue weighted by atomic mass is 9.76. The molecule has 3 heteroatoms. The van der Waals surface area contributed by atoms with Gasteiger partial charge in [0.15, 0.2) is 0 Å². The highest BCUT2D eigenvalue weighted by Gasteiger charge is 2.43. The normalized spacial score (nSPS) is 31.0. The van der Waals surface area contributed by atoms with E-state index >= 15 is 0 Å². The molecule has 2 bridgehead atoms. The third-order valence-electron chi connectivity index (χ3n) is 5.37. The van der Waals surface area contributed by atoms with Gasteiger partial charge in [0.05, 0.1) is 11.4 Å². The Morgan fingerprint density at radius 1 is 1.26 bits per heavy atom. The fraction of sp³-hybridized carbons (Fsp3) is 0.450. The Morgan fingerprint density at radius 2 is 2.04 bits per heavy atom. The second-order valence-corrected chi connectivity index (χ2v) is 6.74. The standard InChI is InChI=1S/C18H23N3.C2H4/c19-18(12-14-7-10-21(18)11-8-14)13-15-6-9-20-17-5-3-1-2-4-16(15)17;1-2/h1-4,6,9,14H,5,7-8,10-13,19H2;1-2H2. The highest BCUT2D eigenvalue weighted by molar-refractivity contribution is 5.59. The van der Waals surface area contributed by atoms with Gasteiger partial charge in [-0.3, -0.25) is 9.88 Å². The molecule has 4 aliphatic rings. The molecule has 1 aromatic rings. The van der Waals surface area contributed by atoms with Gasteiger partial charge in [-0.15, -0.1) is 13.2 Å². The number of fused-ring (bicyclic) bond motifs is 4. The molecule has 3 aliphatic heterocycles. The van der Waals surface area contributed by atoms with E-state index in [0.717, 1.165) is 25.2 Å². The van der Waals surface area contributed by atoms with Crippen LogP contribution in [0.15, 0.2) is 43.6 Å². The summed E-state index contributed by atoms with van der Waals surface area (Å²) < 4.78 is 0. The van der Waals surface area contributed by atoms with Crippen molar-refractivity contribution in [2.75, 3.05) is 13.1 Å². The molecule has 1 atom stereocenters. The van der Waals surface area contributed by atoms with E-state index in [1.165, 1.54) is 42.8 Å². The summed E-state index contributed by atoms with van der Waals surface area (Å²) in [6.45, 7) is 8.34. The summed E-state index contributed by atoms with van der Waals surface area (Å²) in [5, 5.41) is 0. The van der Waals surface area contributed by atoms with Gasteiger partial charge >= 0.3 is 0 Å². The van der Waals surface area contributed by atoms with Gasteiger partial charge in [-0.2, -0.15) is 0 Å². The van der Waals surface area contributed by atoms with Gasteiger partial charge in [-0.25, -0.2) is 0 Å². The van der Waals surface area contributed by atoms with E-state index in [4.69, 9.17) is 5.73 Å². The van der Waals surface area contributed by atoms with E-state index in [9.17, 15) is 0 Å². The molecule has 3 saturated heterocycles. The highest BCUT2D eigenvalue weighted by Crippen LogP contribution is 2.38. The molecule has 23 heavy (non-hydrogen) atoms. The maximum absolute atomic E-state index is 6.81. The van der Waals surface area contributed by atoms with Crippen molar-refractivity contribution in [3.05, 3.63) is 60.5 Å². The number of aromatic nitrogens is 1.